The number of carbonyl (C=O) groups is 1. The van der Waals surface area contributed by atoms with Gasteiger partial charge in [-0.15, -0.1) is 0 Å². The molecular weight excluding hydrogens is 196 g/mol. The largest absolute Gasteiger partial charge is 0.379 e. The normalized spacial score (nSPS) is 20.1. The van der Waals surface area contributed by atoms with Crippen molar-refractivity contribution in [3.8, 4) is 0 Å². The highest BCUT2D eigenvalue weighted by Crippen LogP contribution is 2.02. The van der Waals surface area contributed by atoms with Crippen LogP contribution in [0.1, 0.15) is 12.1 Å². The van der Waals surface area contributed by atoms with Gasteiger partial charge in [-0.25, -0.2) is 4.79 Å². The number of aromatic amines is 1. The van der Waals surface area contributed by atoms with Crippen LogP contribution in [0.3, 0.4) is 0 Å². The number of ether oxygens (including phenoxy) is 1. The summed E-state index contributed by atoms with van der Waals surface area (Å²) in [4.78, 5) is 11.4. The first kappa shape index (κ1) is 9.97. The highest BCUT2D eigenvalue weighted by Gasteiger charge is 2.17. The van der Waals surface area contributed by atoms with Gasteiger partial charge in [-0.2, -0.15) is 5.10 Å². The Morgan fingerprint density at radius 3 is 3.33 bits per heavy atom. The van der Waals surface area contributed by atoms with Crippen LogP contribution >= 0.6 is 0 Å². The van der Waals surface area contributed by atoms with Crippen molar-refractivity contribution in [3.05, 3.63) is 18.0 Å². The second-order valence-electron chi connectivity index (χ2n) is 3.47. The summed E-state index contributed by atoms with van der Waals surface area (Å²) >= 11 is 0. The molecule has 2 rings (SSSR count). The van der Waals surface area contributed by atoms with Gasteiger partial charge in [0.15, 0.2) is 0 Å². The van der Waals surface area contributed by atoms with Crippen LogP contribution in [0.25, 0.3) is 0 Å². The molecule has 15 heavy (non-hydrogen) atoms. The molecule has 1 unspecified atom stereocenters. The second-order valence-corrected chi connectivity index (χ2v) is 3.47. The van der Waals surface area contributed by atoms with Crippen molar-refractivity contribution in [3.63, 3.8) is 0 Å². The van der Waals surface area contributed by atoms with E-state index in [1.54, 1.807) is 6.20 Å². The highest BCUT2D eigenvalue weighted by molar-refractivity contribution is 5.74. The Morgan fingerprint density at radius 2 is 2.67 bits per heavy atom. The number of rotatable bonds is 3. The van der Waals surface area contributed by atoms with Gasteiger partial charge >= 0.3 is 6.03 Å². The predicted molar refractivity (Wildman–Crippen MR) is 53.2 cm³/mol. The summed E-state index contributed by atoms with van der Waals surface area (Å²) in [6.45, 7) is 1.79. The number of nitrogens with one attached hydrogen (secondary N) is 3. The molecule has 0 spiro atoms. The van der Waals surface area contributed by atoms with E-state index in [1.165, 1.54) is 0 Å². The standard InChI is InChI=1S/C9H14N4O2/c14-9(12-8-2-4-15-6-8)10-5-7-1-3-11-13-7/h1,3,8H,2,4-6H2,(H,11,13)(H2,10,12,14). The molecule has 0 bridgehead atoms. The van der Waals surface area contributed by atoms with E-state index in [0.29, 0.717) is 13.2 Å². The summed E-state index contributed by atoms with van der Waals surface area (Å²) in [6, 6.07) is 1.80. The number of amides is 2. The van der Waals surface area contributed by atoms with Crippen molar-refractivity contribution < 1.29 is 9.53 Å². The predicted octanol–water partition coefficient (Wildman–Crippen LogP) is -0.00220. The number of aromatic nitrogens is 2. The van der Waals surface area contributed by atoms with Crippen LogP contribution in [0.5, 0.6) is 0 Å². The SMILES string of the molecule is O=C(NCc1ccn[nH]1)NC1CCOC1. The van der Waals surface area contributed by atoms with Gasteiger partial charge in [0.1, 0.15) is 0 Å². The minimum atomic E-state index is -0.167. The zero-order valence-corrected chi connectivity index (χ0v) is 8.32. The quantitative estimate of drug-likeness (QED) is 0.657. The second kappa shape index (κ2) is 4.79. The highest BCUT2D eigenvalue weighted by atomic mass is 16.5. The summed E-state index contributed by atoms with van der Waals surface area (Å²) in [6.07, 6.45) is 2.54. The van der Waals surface area contributed by atoms with Crippen molar-refractivity contribution in [2.75, 3.05) is 13.2 Å². The molecule has 6 heteroatoms. The minimum absolute atomic E-state index is 0.145. The molecule has 2 heterocycles. The maximum atomic E-state index is 11.4. The van der Waals surface area contributed by atoms with E-state index in [-0.39, 0.29) is 12.1 Å². The first-order chi connectivity index (χ1) is 7.34. The van der Waals surface area contributed by atoms with E-state index in [1.807, 2.05) is 6.07 Å². The lowest BCUT2D eigenvalue weighted by Crippen LogP contribution is -2.42. The molecule has 6 nitrogen and oxygen atoms in total. The molecule has 82 valence electrons. The summed E-state index contributed by atoms with van der Waals surface area (Å²) in [5.41, 5.74) is 0.882. The molecule has 3 N–H and O–H groups in total. The summed E-state index contributed by atoms with van der Waals surface area (Å²) < 4.78 is 5.15. The lowest BCUT2D eigenvalue weighted by molar-refractivity contribution is 0.188. The van der Waals surface area contributed by atoms with Crippen molar-refractivity contribution in [2.24, 2.45) is 0 Å². The molecule has 0 saturated carbocycles. The first-order valence-electron chi connectivity index (χ1n) is 4.95. The average Bonchev–Trinajstić information content (AvgIpc) is 2.86. The van der Waals surface area contributed by atoms with Gasteiger partial charge in [0.05, 0.1) is 24.9 Å². The molecule has 0 radical (unpaired) electrons. The van der Waals surface area contributed by atoms with Gasteiger partial charge in [-0.05, 0) is 12.5 Å². The van der Waals surface area contributed by atoms with Gasteiger partial charge in [0, 0.05) is 12.8 Å². The van der Waals surface area contributed by atoms with Gasteiger partial charge in [0.2, 0.25) is 0 Å². The van der Waals surface area contributed by atoms with Crippen LogP contribution in [0, 0.1) is 0 Å². The fourth-order valence-corrected chi connectivity index (χ4v) is 1.44. The molecule has 0 aliphatic carbocycles. The van der Waals surface area contributed by atoms with Crippen LogP contribution in [0.15, 0.2) is 12.3 Å². The monoisotopic (exact) mass is 210 g/mol. The summed E-state index contributed by atoms with van der Waals surface area (Å²) in [5.74, 6) is 0. The molecule has 1 saturated heterocycles. The van der Waals surface area contributed by atoms with Crippen molar-refractivity contribution in [1.29, 1.82) is 0 Å². The maximum Gasteiger partial charge on any atom is 0.315 e. The van der Waals surface area contributed by atoms with Gasteiger partial charge in [0.25, 0.3) is 0 Å². The van der Waals surface area contributed by atoms with E-state index >= 15 is 0 Å². The molecule has 1 fully saturated rings. The third-order valence-corrected chi connectivity index (χ3v) is 2.26. The Balaban J connectivity index is 1.68. The van der Waals surface area contributed by atoms with E-state index < -0.39 is 0 Å². The first-order valence-corrected chi connectivity index (χ1v) is 4.95. The van der Waals surface area contributed by atoms with Crippen molar-refractivity contribution in [2.45, 2.75) is 19.0 Å². The number of H-pyrrole nitrogens is 1. The number of hydrogen-bond acceptors (Lipinski definition) is 3. The third-order valence-electron chi connectivity index (χ3n) is 2.26. The molecule has 1 atom stereocenters. The number of carbonyl (C=O) groups excluding carboxylic acids is 1. The fraction of sp³-hybridized carbons (Fsp3) is 0.556. The van der Waals surface area contributed by atoms with E-state index in [4.69, 9.17) is 4.74 Å². The zero-order chi connectivity index (χ0) is 10.5. The van der Waals surface area contributed by atoms with Crippen LogP contribution in [0.2, 0.25) is 0 Å². The van der Waals surface area contributed by atoms with Gasteiger partial charge in [-0.1, -0.05) is 0 Å². The van der Waals surface area contributed by atoms with Crippen LogP contribution in [0.4, 0.5) is 4.79 Å². The number of urea groups is 1. The summed E-state index contributed by atoms with van der Waals surface area (Å²) in [7, 11) is 0. The van der Waals surface area contributed by atoms with Crippen LogP contribution in [-0.4, -0.2) is 35.5 Å². The third kappa shape index (κ3) is 2.95. The van der Waals surface area contributed by atoms with E-state index in [0.717, 1.165) is 18.7 Å². The molecule has 1 aromatic rings. The zero-order valence-electron chi connectivity index (χ0n) is 8.32. The number of hydrogen-bond donors (Lipinski definition) is 3. The Hall–Kier alpha value is -1.56. The maximum absolute atomic E-state index is 11.4. The Labute approximate surface area is 87.4 Å². The van der Waals surface area contributed by atoms with Crippen LogP contribution < -0.4 is 10.6 Å². The smallest absolute Gasteiger partial charge is 0.315 e. The summed E-state index contributed by atoms with van der Waals surface area (Å²) in [5, 5.41) is 12.1. The Morgan fingerprint density at radius 1 is 1.73 bits per heavy atom. The molecular formula is C9H14N4O2. The number of nitrogens with zero attached hydrogens (tertiary/aromatic N) is 1. The molecule has 2 amide bonds. The van der Waals surface area contributed by atoms with E-state index in [9.17, 15) is 4.79 Å². The van der Waals surface area contributed by atoms with E-state index in [2.05, 4.69) is 20.8 Å². The minimum Gasteiger partial charge on any atom is -0.379 e. The Kier molecular flexibility index (Phi) is 3.18. The van der Waals surface area contributed by atoms with Gasteiger partial charge in [-0.3, -0.25) is 5.10 Å². The molecule has 1 aliphatic heterocycles. The lowest BCUT2D eigenvalue weighted by atomic mass is 10.3. The lowest BCUT2D eigenvalue weighted by Gasteiger charge is -2.11. The average molecular weight is 210 g/mol. The Bertz CT molecular complexity index is 306. The molecule has 1 aromatic heterocycles. The van der Waals surface area contributed by atoms with Crippen LogP contribution in [-0.2, 0) is 11.3 Å². The van der Waals surface area contributed by atoms with Gasteiger partial charge < -0.3 is 15.4 Å². The molecule has 0 aromatic carbocycles. The fourth-order valence-electron chi connectivity index (χ4n) is 1.44. The van der Waals surface area contributed by atoms with Crippen molar-refractivity contribution >= 4 is 6.03 Å². The topological polar surface area (TPSA) is 79.0 Å². The molecule has 1 aliphatic rings. The van der Waals surface area contributed by atoms with Crippen molar-refractivity contribution in [1.82, 2.24) is 20.8 Å².